The van der Waals surface area contributed by atoms with Gasteiger partial charge in [-0.05, 0) is 62.2 Å². The number of aliphatic hydroxyl groups is 1. The van der Waals surface area contributed by atoms with Gasteiger partial charge in [-0.15, -0.1) is 0 Å². The number of imidazole rings is 1. The number of Topliss-reactive ketones (excluding diaryl/α,β-unsaturated/α-hetero) is 1. The number of ether oxygens (including phenoxy) is 1. The molecule has 1 unspecified atom stereocenters. The van der Waals surface area contributed by atoms with Gasteiger partial charge in [0.05, 0.1) is 23.2 Å². The predicted molar refractivity (Wildman–Crippen MR) is 131 cm³/mol. The summed E-state index contributed by atoms with van der Waals surface area (Å²) >= 11 is 0. The number of benzene rings is 2. The summed E-state index contributed by atoms with van der Waals surface area (Å²) in [6.45, 7) is 6.24. The Hall–Kier alpha value is -4.33. The Morgan fingerprint density at radius 1 is 1.14 bits per heavy atom. The fourth-order valence-corrected chi connectivity index (χ4v) is 4.25. The van der Waals surface area contributed by atoms with Crippen molar-refractivity contribution in [1.29, 1.82) is 0 Å². The van der Waals surface area contributed by atoms with E-state index in [0.717, 1.165) is 17.5 Å². The number of nitrogens with zero attached hydrogens (tertiary/aromatic N) is 2. The van der Waals surface area contributed by atoms with Crippen LogP contribution in [0.5, 0.6) is 5.75 Å². The maximum absolute atomic E-state index is 13.3. The lowest BCUT2D eigenvalue weighted by atomic mass is 9.99. The quantitative estimate of drug-likeness (QED) is 0.228. The normalized spacial score (nSPS) is 17.5. The van der Waals surface area contributed by atoms with Gasteiger partial charge >= 0.3 is 5.91 Å². The zero-order valence-corrected chi connectivity index (χ0v) is 19.7. The first-order chi connectivity index (χ1) is 16.9. The first-order valence-electron chi connectivity index (χ1n) is 11.4. The van der Waals surface area contributed by atoms with E-state index in [0.29, 0.717) is 35.0 Å². The Kier molecular flexibility index (Phi) is 5.64. The smallest absolute Gasteiger partial charge is 0.302 e. The SMILES string of the molecule is CCCOc1cccc(/C(O)=C2\C(=O)C(=O)N(c3nc4ccc(C)cc4[nH]3)C2c2ccc(C)o2)c1. The number of rotatable bonds is 6. The number of aliphatic hydroxyl groups excluding tert-OH is 1. The van der Waals surface area contributed by atoms with Gasteiger partial charge in [-0.3, -0.25) is 14.5 Å². The second kappa shape index (κ2) is 8.79. The van der Waals surface area contributed by atoms with Crippen LogP contribution in [0.1, 0.15) is 42.0 Å². The number of anilines is 1. The van der Waals surface area contributed by atoms with E-state index in [4.69, 9.17) is 9.15 Å². The van der Waals surface area contributed by atoms with Crippen molar-refractivity contribution in [2.24, 2.45) is 0 Å². The molecular formula is C27H25N3O5. The molecule has 4 aromatic rings. The number of furan rings is 1. The van der Waals surface area contributed by atoms with Crippen LogP contribution >= 0.6 is 0 Å². The lowest BCUT2D eigenvalue weighted by molar-refractivity contribution is -0.132. The Balaban J connectivity index is 1.67. The van der Waals surface area contributed by atoms with Crippen LogP contribution in [0.2, 0.25) is 0 Å². The molecule has 0 saturated carbocycles. The van der Waals surface area contributed by atoms with E-state index in [1.54, 1.807) is 43.3 Å². The van der Waals surface area contributed by atoms with Crippen LogP contribution in [0, 0.1) is 13.8 Å². The van der Waals surface area contributed by atoms with Gasteiger partial charge in [0.1, 0.15) is 29.1 Å². The molecule has 178 valence electrons. The molecule has 8 heteroatoms. The molecule has 2 N–H and O–H groups in total. The Morgan fingerprint density at radius 2 is 1.97 bits per heavy atom. The van der Waals surface area contributed by atoms with Gasteiger partial charge in [0, 0.05) is 5.56 Å². The average Bonchev–Trinajstić information content (AvgIpc) is 3.53. The van der Waals surface area contributed by atoms with Crippen LogP contribution in [0.3, 0.4) is 0 Å². The van der Waals surface area contributed by atoms with Gasteiger partial charge in [-0.25, -0.2) is 4.98 Å². The van der Waals surface area contributed by atoms with Crippen molar-refractivity contribution in [3.05, 3.63) is 82.8 Å². The molecule has 5 rings (SSSR count). The molecule has 8 nitrogen and oxygen atoms in total. The lowest BCUT2D eigenvalue weighted by Crippen LogP contribution is -2.30. The Morgan fingerprint density at radius 3 is 2.71 bits per heavy atom. The highest BCUT2D eigenvalue weighted by molar-refractivity contribution is 6.51. The monoisotopic (exact) mass is 471 g/mol. The molecule has 35 heavy (non-hydrogen) atoms. The number of aromatic nitrogens is 2. The van der Waals surface area contributed by atoms with E-state index in [1.165, 1.54) is 4.90 Å². The summed E-state index contributed by atoms with van der Waals surface area (Å²) in [5, 5.41) is 11.3. The number of carbonyl (C=O) groups excluding carboxylic acids is 2. The average molecular weight is 472 g/mol. The fraction of sp³-hybridized carbons (Fsp3) is 0.222. The van der Waals surface area contributed by atoms with Crippen LogP contribution in [-0.4, -0.2) is 33.4 Å². The summed E-state index contributed by atoms with van der Waals surface area (Å²) in [6.07, 6.45) is 0.830. The summed E-state index contributed by atoms with van der Waals surface area (Å²) in [6, 6.07) is 14.9. The van der Waals surface area contributed by atoms with Crippen molar-refractivity contribution in [3.8, 4) is 5.75 Å². The number of nitrogens with one attached hydrogen (secondary N) is 1. The molecule has 1 saturated heterocycles. The molecule has 1 amide bonds. The Labute approximate surface area is 201 Å². The van der Waals surface area contributed by atoms with Crippen molar-refractivity contribution in [1.82, 2.24) is 9.97 Å². The van der Waals surface area contributed by atoms with Crippen LogP contribution in [0.4, 0.5) is 5.95 Å². The van der Waals surface area contributed by atoms with E-state index >= 15 is 0 Å². The standard InChI is InChI=1S/C27H25N3O5/c1-4-12-34-18-7-5-6-17(14-18)24(31)22-23(21-11-9-16(3)35-21)30(26(33)25(22)32)27-28-19-10-8-15(2)13-20(19)29-27/h5-11,13-14,23,31H,4,12H2,1-3H3,(H,28,29)/b24-22+. The third kappa shape index (κ3) is 3.97. The minimum Gasteiger partial charge on any atom is -0.507 e. The first kappa shape index (κ1) is 22.5. The molecular weight excluding hydrogens is 446 g/mol. The molecule has 1 aliphatic rings. The number of aromatic amines is 1. The zero-order chi connectivity index (χ0) is 24.7. The largest absolute Gasteiger partial charge is 0.507 e. The molecule has 1 aliphatic heterocycles. The van der Waals surface area contributed by atoms with E-state index in [2.05, 4.69) is 9.97 Å². The molecule has 0 radical (unpaired) electrons. The van der Waals surface area contributed by atoms with Crippen molar-refractivity contribution in [2.45, 2.75) is 33.2 Å². The van der Waals surface area contributed by atoms with Crippen molar-refractivity contribution >= 4 is 34.4 Å². The maximum atomic E-state index is 13.3. The summed E-state index contributed by atoms with van der Waals surface area (Å²) in [5.41, 5.74) is 2.71. The summed E-state index contributed by atoms with van der Waals surface area (Å²) < 4.78 is 11.5. The molecule has 0 aliphatic carbocycles. The van der Waals surface area contributed by atoms with Gasteiger partial charge in [0.2, 0.25) is 5.95 Å². The second-order valence-electron chi connectivity index (χ2n) is 8.57. The Bertz CT molecular complexity index is 1480. The number of hydrogen-bond acceptors (Lipinski definition) is 6. The van der Waals surface area contributed by atoms with Crippen molar-refractivity contribution < 1.29 is 23.8 Å². The molecule has 1 atom stereocenters. The number of amides is 1. The number of carbonyl (C=O) groups is 2. The third-order valence-corrected chi connectivity index (χ3v) is 5.91. The number of ketones is 1. The minimum absolute atomic E-state index is 0.0753. The van der Waals surface area contributed by atoms with Gasteiger partial charge in [0.15, 0.2) is 0 Å². The molecule has 1 fully saturated rings. The number of aryl methyl sites for hydroxylation is 2. The van der Waals surface area contributed by atoms with E-state index in [-0.39, 0.29) is 17.3 Å². The van der Waals surface area contributed by atoms with E-state index in [1.807, 2.05) is 32.0 Å². The molecule has 3 heterocycles. The van der Waals surface area contributed by atoms with E-state index in [9.17, 15) is 14.7 Å². The highest BCUT2D eigenvalue weighted by Gasteiger charge is 2.49. The number of H-pyrrole nitrogens is 1. The number of hydrogen-bond donors (Lipinski definition) is 2. The summed E-state index contributed by atoms with van der Waals surface area (Å²) in [4.78, 5) is 35.5. The van der Waals surface area contributed by atoms with Gasteiger partial charge < -0.3 is 19.2 Å². The maximum Gasteiger partial charge on any atom is 0.302 e. The molecule has 2 aromatic carbocycles. The predicted octanol–water partition coefficient (Wildman–Crippen LogP) is 5.19. The van der Waals surface area contributed by atoms with Gasteiger partial charge in [-0.1, -0.05) is 25.1 Å². The molecule has 0 spiro atoms. The minimum atomic E-state index is -0.995. The van der Waals surface area contributed by atoms with Gasteiger partial charge in [0.25, 0.3) is 5.78 Å². The van der Waals surface area contributed by atoms with Crippen LogP contribution in [0.15, 0.2) is 64.6 Å². The highest BCUT2D eigenvalue weighted by atomic mass is 16.5. The second-order valence-corrected chi connectivity index (χ2v) is 8.57. The zero-order valence-electron chi connectivity index (χ0n) is 19.7. The van der Waals surface area contributed by atoms with Crippen molar-refractivity contribution in [2.75, 3.05) is 11.5 Å². The highest BCUT2D eigenvalue weighted by Crippen LogP contribution is 2.42. The summed E-state index contributed by atoms with van der Waals surface area (Å²) in [5.74, 6) is -0.218. The third-order valence-electron chi connectivity index (χ3n) is 5.91. The fourth-order valence-electron chi connectivity index (χ4n) is 4.25. The first-order valence-corrected chi connectivity index (χ1v) is 11.4. The van der Waals surface area contributed by atoms with Crippen LogP contribution in [0.25, 0.3) is 16.8 Å². The lowest BCUT2D eigenvalue weighted by Gasteiger charge is -2.20. The van der Waals surface area contributed by atoms with Crippen molar-refractivity contribution in [3.63, 3.8) is 0 Å². The topological polar surface area (TPSA) is 109 Å². The van der Waals surface area contributed by atoms with Gasteiger partial charge in [-0.2, -0.15) is 0 Å². The van der Waals surface area contributed by atoms with E-state index < -0.39 is 17.7 Å². The molecule has 0 bridgehead atoms. The number of fused-ring (bicyclic) bond motifs is 1. The summed E-state index contributed by atoms with van der Waals surface area (Å²) in [7, 11) is 0. The van der Waals surface area contributed by atoms with Crippen LogP contribution < -0.4 is 9.64 Å². The molecule has 2 aromatic heterocycles. The van der Waals surface area contributed by atoms with Crippen LogP contribution in [-0.2, 0) is 9.59 Å².